The summed E-state index contributed by atoms with van der Waals surface area (Å²) in [6.07, 6.45) is 7.34. The first-order valence-electron chi connectivity index (χ1n) is 8.74. The number of benzene rings is 1. The molecule has 2 aromatic heterocycles. The molecule has 3 nitrogen and oxygen atoms in total. The van der Waals surface area contributed by atoms with Crippen molar-refractivity contribution in [2.75, 3.05) is 13.1 Å². The molecule has 1 saturated heterocycles. The van der Waals surface area contributed by atoms with Gasteiger partial charge in [0.05, 0.1) is 5.52 Å². The fourth-order valence-electron chi connectivity index (χ4n) is 4.41. The number of rotatable bonds is 2. The highest BCUT2D eigenvalue weighted by atomic mass is 15.2. The lowest BCUT2D eigenvalue weighted by Crippen LogP contribution is -2.25. The zero-order chi connectivity index (χ0) is 16.1. The molecule has 0 radical (unpaired) electrons. The maximum Gasteiger partial charge on any atom is 0.0528 e. The van der Waals surface area contributed by atoms with Crippen LogP contribution in [0.5, 0.6) is 0 Å². The summed E-state index contributed by atoms with van der Waals surface area (Å²) in [5.41, 5.74) is 6.93. The van der Waals surface area contributed by atoms with Crippen LogP contribution in [-0.4, -0.2) is 27.5 Å². The SMILES string of the molecule is CC(=Cn1c2c(c3ccccc31)CN1CCC2C1)c1ccncc1. The number of hydrogen-bond acceptors (Lipinski definition) is 2. The van der Waals surface area contributed by atoms with Gasteiger partial charge in [-0.15, -0.1) is 0 Å². The number of aromatic nitrogens is 2. The lowest BCUT2D eigenvalue weighted by molar-refractivity contribution is 0.313. The fraction of sp³-hybridized carbons (Fsp3) is 0.286. The van der Waals surface area contributed by atoms with E-state index in [0.29, 0.717) is 5.92 Å². The highest BCUT2D eigenvalue weighted by molar-refractivity contribution is 5.90. The second-order valence-electron chi connectivity index (χ2n) is 7.02. The molecule has 1 aromatic carbocycles. The molecule has 0 amide bonds. The summed E-state index contributed by atoms with van der Waals surface area (Å²) in [5.74, 6) is 0.669. The second-order valence-corrected chi connectivity index (χ2v) is 7.02. The Hall–Kier alpha value is -2.39. The van der Waals surface area contributed by atoms with E-state index >= 15 is 0 Å². The van der Waals surface area contributed by atoms with Gasteiger partial charge in [-0.2, -0.15) is 0 Å². The highest BCUT2D eigenvalue weighted by Crippen LogP contribution is 2.41. The molecule has 1 fully saturated rings. The summed E-state index contributed by atoms with van der Waals surface area (Å²) < 4.78 is 2.47. The smallest absolute Gasteiger partial charge is 0.0528 e. The van der Waals surface area contributed by atoms with Crippen molar-refractivity contribution < 1.29 is 0 Å². The molecule has 120 valence electrons. The third-order valence-electron chi connectivity index (χ3n) is 5.56. The Morgan fingerprint density at radius 3 is 2.88 bits per heavy atom. The summed E-state index contributed by atoms with van der Waals surface area (Å²) in [7, 11) is 0. The van der Waals surface area contributed by atoms with E-state index in [0.717, 1.165) is 6.54 Å². The van der Waals surface area contributed by atoms with Crippen LogP contribution in [0.25, 0.3) is 22.7 Å². The molecule has 24 heavy (non-hydrogen) atoms. The Bertz CT molecular complexity index is 936. The van der Waals surface area contributed by atoms with Gasteiger partial charge in [-0.25, -0.2) is 0 Å². The predicted molar refractivity (Wildman–Crippen MR) is 98.7 cm³/mol. The van der Waals surface area contributed by atoms with Crippen LogP contribution in [0, 0.1) is 0 Å². The van der Waals surface area contributed by atoms with Crippen molar-refractivity contribution in [3.8, 4) is 0 Å². The number of pyridine rings is 1. The van der Waals surface area contributed by atoms with Crippen molar-refractivity contribution in [2.24, 2.45) is 0 Å². The van der Waals surface area contributed by atoms with Crippen LogP contribution in [0.2, 0.25) is 0 Å². The molecule has 0 aliphatic carbocycles. The van der Waals surface area contributed by atoms with Crippen LogP contribution < -0.4 is 0 Å². The standard InChI is InChI=1S/C21H21N3/c1-15(16-6-9-22-10-7-16)12-24-20-5-3-2-4-18(20)19-14-23-11-8-17(13-23)21(19)24/h2-7,9-10,12,17H,8,11,13-14H2,1H3. The number of para-hydroxylation sites is 1. The summed E-state index contributed by atoms with van der Waals surface area (Å²) in [6, 6.07) is 13.0. The molecule has 0 saturated carbocycles. The van der Waals surface area contributed by atoms with Crippen molar-refractivity contribution in [1.82, 2.24) is 14.5 Å². The van der Waals surface area contributed by atoms with Crippen molar-refractivity contribution in [1.29, 1.82) is 0 Å². The molecule has 2 aliphatic heterocycles. The van der Waals surface area contributed by atoms with Crippen molar-refractivity contribution in [2.45, 2.75) is 25.8 Å². The Labute approximate surface area is 142 Å². The minimum Gasteiger partial charge on any atom is -0.319 e. The van der Waals surface area contributed by atoms with E-state index in [4.69, 9.17) is 0 Å². The fourth-order valence-corrected chi connectivity index (χ4v) is 4.41. The van der Waals surface area contributed by atoms with E-state index < -0.39 is 0 Å². The molecular weight excluding hydrogens is 294 g/mol. The molecule has 2 atom stereocenters. The number of fused-ring (bicyclic) bond motifs is 6. The quantitative estimate of drug-likeness (QED) is 0.701. The van der Waals surface area contributed by atoms with Crippen molar-refractivity contribution >= 4 is 22.7 Å². The molecule has 3 heteroatoms. The van der Waals surface area contributed by atoms with Gasteiger partial charge in [0, 0.05) is 48.7 Å². The molecule has 2 unspecified atom stereocenters. The van der Waals surface area contributed by atoms with Crippen LogP contribution in [0.1, 0.15) is 36.1 Å². The van der Waals surface area contributed by atoms with Gasteiger partial charge in [0.1, 0.15) is 0 Å². The summed E-state index contributed by atoms with van der Waals surface area (Å²) in [6.45, 7) is 5.74. The maximum atomic E-state index is 4.14. The third-order valence-corrected chi connectivity index (χ3v) is 5.56. The topological polar surface area (TPSA) is 21.1 Å². The second kappa shape index (κ2) is 5.32. The minimum atomic E-state index is 0.669. The Morgan fingerprint density at radius 1 is 1.17 bits per heavy atom. The summed E-state index contributed by atoms with van der Waals surface area (Å²) in [4.78, 5) is 6.74. The van der Waals surface area contributed by atoms with E-state index in [9.17, 15) is 0 Å². The lowest BCUT2D eigenvalue weighted by atomic mass is 9.97. The monoisotopic (exact) mass is 315 g/mol. The molecule has 5 rings (SSSR count). The van der Waals surface area contributed by atoms with Crippen LogP contribution in [0.3, 0.4) is 0 Å². The predicted octanol–water partition coefficient (Wildman–Crippen LogP) is 4.36. The van der Waals surface area contributed by atoms with E-state index in [1.54, 1.807) is 5.69 Å². The number of allylic oxidation sites excluding steroid dienone is 1. The average molecular weight is 315 g/mol. The largest absolute Gasteiger partial charge is 0.319 e. The zero-order valence-corrected chi connectivity index (χ0v) is 13.9. The molecule has 0 N–H and O–H groups in total. The molecule has 0 spiro atoms. The normalized spacial score (nSPS) is 22.8. The van der Waals surface area contributed by atoms with Gasteiger partial charge in [-0.05, 0) is 54.8 Å². The first-order valence-corrected chi connectivity index (χ1v) is 8.74. The average Bonchev–Trinajstić information content (AvgIpc) is 3.16. The van der Waals surface area contributed by atoms with Gasteiger partial charge in [0.25, 0.3) is 0 Å². The van der Waals surface area contributed by atoms with Crippen molar-refractivity contribution in [3.05, 3.63) is 65.6 Å². The van der Waals surface area contributed by atoms with Crippen molar-refractivity contribution in [3.63, 3.8) is 0 Å². The Morgan fingerprint density at radius 2 is 2.00 bits per heavy atom. The van der Waals surface area contributed by atoms with Gasteiger partial charge in [0.2, 0.25) is 0 Å². The van der Waals surface area contributed by atoms with Crippen LogP contribution in [0.4, 0.5) is 0 Å². The van der Waals surface area contributed by atoms with E-state index in [1.165, 1.54) is 47.1 Å². The molecule has 4 heterocycles. The van der Waals surface area contributed by atoms with Crippen LogP contribution in [-0.2, 0) is 6.54 Å². The van der Waals surface area contributed by atoms with E-state index in [1.807, 2.05) is 12.4 Å². The number of hydrogen-bond donors (Lipinski definition) is 0. The van der Waals surface area contributed by atoms with E-state index in [-0.39, 0.29) is 0 Å². The first kappa shape index (κ1) is 14.0. The Balaban J connectivity index is 1.74. The maximum absolute atomic E-state index is 4.14. The molecule has 2 bridgehead atoms. The minimum absolute atomic E-state index is 0.669. The Kier molecular flexibility index (Phi) is 3.10. The van der Waals surface area contributed by atoms with Crippen LogP contribution >= 0.6 is 0 Å². The zero-order valence-electron chi connectivity index (χ0n) is 13.9. The van der Waals surface area contributed by atoms with E-state index in [2.05, 4.69) is 64.0 Å². The van der Waals surface area contributed by atoms with Gasteiger partial charge in [-0.1, -0.05) is 18.2 Å². The summed E-state index contributed by atoms with van der Waals surface area (Å²) >= 11 is 0. The third kappa shape index (κ3) is 2.05. The van der Waals surface area contributed by atoms with Crippen LogP contribution in [0.15, 0.2) is 48.8 Å². The first-order chi connectivity index (χ1) is 11.8. The van der Waals surface area contributed by atoms with Gasteiger partial charge in [0.15, 0.2) is 0 Å². The highest BCUT2D eigenvalue weighted by Gasteiger charge is 2.35. The molecule has 2 aliphatic rings. The van der Waals surface area contributed by atoms with Gasteiger partial charge < -0.3 is 4.57 Å². The van der Waals surface area contributed by atoms with Gasteiger partial charge >= 0.3 is 0 Å². The molecule has 3 aromatic rings. The number of nitrogens with zero attached hydrogens (tertiary/aromatic N) is 3. The summed E-state index contributed by atoms with van der Waals surface area (Å²) in [5, 5.41) is 1.42. The lowest BCUT2D eigenvalue weighted by Gasteiger charge is -2.24. The molecular formula is C21H21N3. The van der Waals surface area contributed by atoms with Gasteiger partial charge in [-0.3, -0.25) is 9.88 Å².